The van der Waals surface area contributed by atoms with Gasteiger partial charge in [-0.15, -0.1) is 0 Å². The smallest absolute Gasteiger partial charge is 0.269 e. The van der Waals surface area contributed by atoms with Gasteiger partial charge in [0, 0.05) is 31.5 Å². The van der Waals surface area contributed by atoms with Gasteiger partial charge in [0.05, 0.1) is 35.2 Å². The number of carbonyl (C=O) groups excluding carboxylic acids is 2. The number of nitrogens with one attached hydrogen (secondary N) is 2. The van der Waals surface area contributed by atoms with Gasteiger partial charge in [0.2, 0.25) is 0 Å². The van der Waals surface area contributed by atoms with Crippen LogP contribution in [-0.4, -0.2) is 53.7 Å². The number of nitrogens with two attached hydrogens (primary N) is 1. The number of halogens is 2. The van der Waals surface area contributed by atoms with Crippen molar-refractivity contribution >= 4 is 46.1 Å². The minimum atomic E-state index is -0.679. The minimum absolute atomic E-state index is 0.100. The molecule has 0 radical (unpaired) electrons. The molecule has 1 saturated heterocycles. The van der Waals surface area contributed by atoms with Gasteiger partial charge in [-0.25, -0.2) is 4.39 Å². The molecular formula is C30H30ClFN6O3. The van der Waals surface area contributed by atoms with Gasteiger partial charge in [0.15, 0.2) is 5.71 Å². The Kier molecular flexibility index (Phi) is 8.72. The summed E-state index contributed by atoms with van der Waals surface area (Å²) in [7, 11) is 0. The summed E-state index contributed by atoms with van der Waals surface area (Å²) in [6.45, 7) is 5.46. The molecular weight excluding hydrogens is 547 g/mol. The van der Waals surface area contributed by atoms with Crippen LogP contribution in [0.2, 0.25) is 5.02 Å². The number of aryl methyl sites for hydroxylation is 1. The number of rotatable bonds is 8. The standard InChI is InChI=1S/C30H30ClFN6O3/c1-18-24(28(29(33)39)37-36-21-7-4-20(32)5-8-21)9-3-19-2-6-22(14-25(18)19)35-30(40)26-15-23(34-16-27(26)31)17-38-10-12-41-13-11-38/h2,4-8,14-16,36H,3,9-13,17H2,1H3,(H2,33,39)(H,35,40)/b37-28+. The average Bonchev–Trinajstić information content (AvgIpc) is 2.97. The van der Waals surface area contributed by atoms with E-state index in [0.717, 1.165) is 35.5 Å². The Labute approximate surface area is 242 Å². The third kappa shape index (κ3) is 6.79. The topological polar surface area (TPSA) is 122 Å². The predicted octanol–water partition coefficient (Wildman–Crippen LogP) is 4.63. The number of nitrogens with zero attached hydrogens (tertiary/aromatic N) is 3. The molecule has 9 nitrogen and oxygen atoms in total. The van der Waals surface area contributed by atoms with E-state index in [1.165, 1.54) is 30.5 Å². The lowest BCUT2D eigenvalue weighted by molar-refractivity contribution is -0.111. The molecule has 2 heterocycles. The third-order valence-corrected chi connectivity index (χ3v) is 7.48. The maximum absolute atomic E-state index is 13.3. The first-order valence-corrected chi connectivity index (χ1v) is 13.6. The van der Waals surface area contributed by atoms with E-state index < -0.39 is 5.91 Å². The summed E-state index contributed by atoms with van der Waals surface area (Å²) in [5, 5.41) is 7.46. The number of morpholine rings is 1. The Morgan fingerprint density at radius 1 is 1.10 bits per heavy atom. The molecule has 2 amide bonds. The van der Waals surface area contributed by atoms with Crippen LogP contribution in [0.5, 0.6) is 0 Å². The molecule has 0 saturated carbocycles. The summed E-state index contributed by atoms with van der Waals surface area (Å²) < 4.78 is 18.6. The molecule has 0 spiro atoms. The Hall–Kier alpha value is -4.12. The lowest BCUT2D eigenvalue weighted by Crippen LogP contribution is -2.35. The molecule has 3 aromatic rings. The van der Waals surface area contributed by atoms with Gasteiger partial charge in [-0.3, -0.25) is 24.9 Å². The van der Waals surface area contributed by atoms with Gasteiger partial charge in [-0.2, -0.15) is 5.10 Å². The van der Waals surface area contributed by atoms with Crippen molar-refractivity contribution in [1.29, 1.82) is 0 Å². The number of fused-ring (bicyclic) bond motifs is 1. The second kappa shape index (κ2) is 12.6. The lowest BCUT2D eigenvalue weighted by atomic mass is 9.84. The van der Waals surface area contributed by atoms with Crippen LogP contribution in [0.1, 0.15) is 40.5 Å². The van der Waals surface area contributed by atoms with E-state index in [1.807, 2.05) is 25.1 Å². The van der Waals surface area contributed by atoms with Crippen molar-refractivity contribution in [2.24, 2.45) is 10.8 Å². The number of ether oxygens (including phenoxy) is 1. The number of pyridine rings is 1. The number of anilines is 2. The van der Waals surface area contributed by atoms with Crippen LogP contribution in [0.25, 0.3) is 5.57 Å². The second-order valence-corrected chi connectivity index (χ2v) is 10.3. The van der Waals surface area contributed by atoms with E-state index in [0.29, 0.717) is 55.1 Å². The van der Waals surface area contributed by atoms with Crippen molar-refractivity contribution in [3.63, 3.8) is 0 Å². The van der Waals surface area contributed by atoms with Crippen molar-refractivity contribution in [2.75, 3.05) is 37.0 Å². The summed E-state index contributed by atoms with van der Waals surface area (Å²) in [4.78, 5) is 32.2. The number of hydrazone groups is 1. The number of benzene rings is 2. The van der Waals surface area contributed by atoms with Crippen LogP contribution < -0.4 is 16.5 Å². The fourth-order valence-electron chi connectivity index (χ4n) is 4.97. The summed E-state index contributed by atoms with van der Waals surface area (Å²) >= 11 is 6.36. The highest BCUT2D eigenvalue weighted by Crippen LogP contribution is 2.34. The molecule has 5 rings (SSSR count). The predicted molar refractivity (Wildman–Crippen MR) is 157 cm³/mol. The minimum Gasteiger partial charge on any atom is -0.379 e. The molecule has 2 aromatic carbocycles. The monoisotopic (exact) mass is 576 g/mol. The van der Waals surface area contributed by atoms with Crippen molar-refractivity contribution in [1.82, 2.24) is 9.88 Å². The zero-order valence-electron chi connectivity index (χ0n) is 22.5. The van der Waals surface area contributed by atoms with Crippen LogP contribution in [0.3, 0.4) is 0 Å². The first-order valence-electron chi connectivity index (χ1n) is 13.3. The van der Waals surface area contributed by atoms with Gasteiger partial charge in [-0.1, -0.05) is 17.7 Å². The summed E-state index contributed by atoms with van der Waals surface area (Å²) in [6.07, 6.45) is 2.74. The number of aromatic nitrogens is 1. The Morgan fingerprint density at radius 3 is 2.56 bits per heavy atom. The number of amides is 2. The summed E-state index contributed by atoms with van der Waals surface area (Å²) in [5.74, 6) is -1.40. The van der Waals surface area contributed by atoms with Crippen LogP contribution in [0.15, 0.2) is 65.4 Å². The van der Waals surface area contributed by atoms with Crippen molar-refractivity contribution in [3.8, 4) is 0 Å². The van der Waals surface area contributed by atoms with E-state index >= 15 is 0 Å². The van der Waals surface area contributed by atoms with Gasteiger partial charge >= 0.3 is 0 Å². The quantitative estimate of drug-likeness (QED) is 0.265. The molecule has 0 bridgehead atoms. The SMILES string of the molecule is CC1=C(/C(=N\Nc2ccc(F)cc2)C(N)=O)CCc2ccc(NC(=O)c3cc(CN4CCOCC4)ncc3Cl)cc21. The molecule has 2 aliphatic rings. The Balaban J connectivity index is 1.36. The molecule has 1 aromatic heterocycles. The average molecular weight is 577 g/mol. The first-order chi connectivity index (χ1) is 19.8. The highest BCUT2D eigenvalue weighted by Gasteiger charge is 2.24. The molecule has 4 N–H and O–H groups in total. The lowest BCUT2D eigenvalue weighted by Gasteiger charge is -2.26. The van der Waals surface area contributed by atoms with Gasteiger partial charge < -0.3 is 15.8 Å². The van der Waals surface area contributed by atoms with Crippen molar-refractivity contribution in [2.45, 2.75) is 26.3 Å². The van der Waals surface area contributed by atoms with Crippen LogP contribution in [0.4, 0.5) is 15.8 Å². The summed E-state index contributed by atoms with van der Waals surface area (Å²) in [6, 6.07) is 13.0. The maximum atomic E-state index is 13.3. The van der Waals surface area contributed by atoms with Crippen LogP contribution in [0, 0.1) is 5.82 Å². The number of primary amides is 1. The number of allylic oxidation sites excluding steroid dienone is 1. The van der Waals surface area contributed by atoms with E-state index in [9.17, 15) is 14.0 Å². The highest BCUT2D eigenvalue weighted by atomic mass is 35.5. The molecule has 1 aliphatic heterocycles. The molecule has 11 heteroatoms. The number of carbonyl (C=O) groups is 2. The first kappa shape index (κ1) is 28.4. The largest absolute Gasteiger partial charge is 0.379 e. The van der Waals surface area contributed by atoms with Crippen LogP contribution in [-0.2, 0) is 22.5 Å². The molecule has 41 heavy (non-hydrogen) atoms. The number of hydrogen-bond donors (Lipinski definition) is 3. The van der Waals surface area contributed by atoms with E-state index in [4.69, 9.17) is 22.1 Å². The fraction of sp³-hybridized carbons (Fsp3) is 0.267. The van der Waals surface area contributed by atoms with E-state index in [2.05, 4.69) is 25.7 Å². The molecule has 1 aliphatic carbocycles. The molecule has 0 unspecified atom stereocenters. The Bertz CT molecular complexity index is 1530. The fourth-order valence-corrected chi connectivity index (χ4v) is 5.16. The van der Waals surface area contributed by atoms with E-state index in [1.54, 1.807) is 6.07 Å². The van der Waals surface area contributed by atoms with Gasteiger partial charge in [-0.05, 0) is 84.5 Å². The molecule has 1 fully saturated rings. The number of hydrogen-bond acceptors (Lipinski definition) is 7. The Morgan fingerprint density at radius 2 is 1.83 bits per heavy atom. The second-order valence-electron chi connectivity index (χ2n) is 9.92. The van der Waals surface area contributed by atoms with Gasteiger partial charge in [0.1, 0.15) is 5.82 Å². The van der Waals surface area contributed by atoms with E-state index in [-0.39, 0.29) is 22.5 Å². The van der Waals surface area contributed by atoms with Crippen molar-refractivity contribution in [3.05, 3.63) is 93.5 Å². The zero-order chi connectivity index (χ0) is 28.9. The normalized spacial score (nSPS) is 15.8. The molecule has 0 atom stereocenters. The van der Waals surface area contributed by atoms with Crippen LogP contribution >= 0.6 is 11.6 Å². The maximum Gasteiger partial charge on any atom is 0.269 e. The van der Waals surface area contributed by atoms with Gasteiger partial charge in [0.25, 0.3) is 11.8 Å². The highest BCUT2D eigenvalue weighted by molar-refractivity contribution is 6.46. The zero-order valence-corrected chi connectivity index (χ0v) is 23.3. The summed E-state index contributed by atoms with van der Waals surface area (Å²) in [5.41, 5.74) is 14.3. The molecule has 212 valence electrons. The van der Waals surface area contributed by atoms with Crippen molar-refractivity contribution < 1.29 is 18.7 Å². The third-order valence-electron chi connectivity index (χ3n) is 7.17.